The van der Waals surface area contributed by atoms with Gasteiger partial charge in [-0.15, -0.1) is 0 Å². The van der Waals surface area contributed by atoms with E-state index < -0.39 is 0 Å². The van der Waals surface area contributed by atoms with E-state index >= 15 is 0 Å². The smallest absolute Gasteiger partial charge is 0.0748 e. The molecule has 15 heavy (non-hydrogen) atoms. The number of halogens is 1. The van der Waals surface area contributed by atoms with E-state index in [1.165, 1.54) is 43.1 Å². The average Bonchev–Trinajstić information content (AvgIpc) is 2.93. The van der Waals surface area contributed by atoms with E-state index in [1.807, 2.05) is 6.20 Å². The number of fused-ring (bicyclic) bond motifs is 2. The van der Waals surface area contributed by atoms with Crippen LogP contribution in [0.3, 0.4) is 0 Å². The van der Waals surface area contributed by atoms with E-state index in [2.05, 4.69) is 24.7 Å². The highest BCUT2D eigenvalue weighted by molar-refractivity contribution is 9.09. The fourth-order valence-electron chi connectivity index (χ4n) is 3.61. The SMILES string of the molecule is BrCC1(Cc2cnsn2)CC2CCC1C2. The van der Waals surface area contributed by atoms with Gasteiger partial charge in [-0.1, -0.05) is 22.4 Å². The molecule has 2 nitrogen and oxygen atoms in total. The Kier molecular flexibility index (Phi) is 2.59. The van der Waals surface area contributed by atoms with Crippen LogP contribution < -0.4 is 0 Å². The number of nitrogens with zero attached hydrogens (tertiary/aromatic N) is 2. The third kappa shape index (κ3) is 1.66. The van der Waals surface area contributed by atoms with Gasteiger partial charge in [0, 0.05) is 5.33 Å². The van der Waals surface area contributed by atoms with Crippen LogP contribution in [0.2, 0.25) is 0 Å². The molecule has 3 rings (SSSR count). The third-order valence-corrected chi connectivity index (χ3v) is 5.94. The molecule has 0 aromatic carbocycles. The number of hydrogen-bond donors (Lipinski definition) is 0. The largest absolute Gasteiger partial charge is 0.181 e. The molecule has 0 N–H and O–H groups in total. The molecule has 1 aromatic heterocycles. The Hall–Kier alpha value is 0.0400. The number of rotatable bonds is 3. The zero-order valence-electron chi connectivity index (χ0n) is 8.66. The van der Waals surface area contributed by atoms with Crippen molar-refractivity contribution in [1.82, 2.24) is 8.75 Å². The van der Waals surface area contributed by atoms with Crippen LogP contribution in [-0.4, -0.2) is 14.1 Å². The molecule has 1 aromatic rings. The van der Waals surface area contributed by atoms with Crippen LogP contribution >= 0.6 is 27.7 Å². The summed E-state index contributed by atoms with van der Waals surface area (Å²) < 4.78 is 8.47. The van der Waals surface area contributed by atoms with Gasteiger partial charge in [-0.2, -0.15) is 8.75 Å². The molecule has 0 aliphatic heterocycles. The van der Waals surface area contributed by atoms with E-state index in [-0.39, 0.29) is 0 Å². The monoisotopic (exact) mass is 286 g/mol. The Bertz CT molecular complexity index is 340. The van der Waals surface area contributed by atoms with Crippen LogP contribution in [-0.2, 0) is 6.42 Å². The summed E-state index contributed by atoms with van der Waals surface area (Å²) in [6.45, 7) is 0. The van der Waals surface area contributed by atoms with Crippen molar-refractivity contribution in [3.05, 3.63) is 11.9 Å². The van der Waals surface area contributed by atoms with Crippen LogP contribution in [0, 0.1) is 17.3 Å². The second-order valence-electron chi connectivity index (χ2n) is 5.15. The maximum Gasteiger partial charge on any atom is 0.0748 e. The lowest BCUT2D eigenvalue weighted by atomic mass is 9.72. The third-order valence-electron chi connectivity index (χ3n) is 4.31. The predicted molar refractivity (Wildman–Crippen MR) is 65.3 cm³/mol. The summed E-state index contributed by atoms with van der Waals surface area (Å²) in [6.07, 6.45) is 8.85. The summed E-state index contributed by atoms with van der Waals surface area (Å²) in [7, 11) is 0. The lowest BCUT2D eigenvalue weighted by molar-refractivity contribution is 0.195. The quantitative estimate of drug-likeness (QED) is 0.797. The molecular weight excluding hydrogens is 272 g/mol. The van der Waals surface area contributed by atoms with Gasteiger partial charge in [0.25, 0.3) is 0 Å². The molecule has 1 heterocycles. The Labute approximate surface area is 103 Å². The second kappa shape index (κ2) is 3.81. The van der Waals surface area contributed by atoms with Crippen molar-refractivity contribution >= 4 is 27.7 Å². The summed E-state index contributed by atoms with van der Waals surface area (Å²) >= 11 is 5.07. The summed E-state index contributed by atoms with van der Waals surface area (Å²) in [5, 5.41) is 1.14. The summed E-state index contributed by atoms with van der Waals surface area (Å²) in [5.74, 6) is 1.93. The van der Waals surface area contributed by atoms with Gasteiger partial charge in [0.2, 0.25) is 0 Å². The minimum Gasteiger partial charge on any atom is -0.181 e. The molecule has 0 amide bonds. The fraction of sp³-hybridized carbons (Fsp3) is 0.818. The zero-order chi connectivity index (χ0) is 10.3. The molecule has 2 aliphatic carbocycles. The van der Waals surface area contributed by atoms with E-state index in [4.69, 9.17) is 0 Å². The molecule has 0 spiro atoms. The van der Waals surface area contributed by atoms with Crippen molar-refractivity contribution in [2.24, 2.45) is 17.3 Å². The number of aromatic nitrogens is 2. The highest BCUT2D eigenvalue weighted by Gasteiger charge is 2.50. The molecule has 2 fully saturated rings. The molecular formula is C11H15BrN2S. The molecule has 2 aliphatic rings. The first-order valence-corrected chi connectivity index (χ1v) is 7.50. The molecule has 3 unspecified atom stereocenters. The molecule has 4 heteroatoms. The number of alkyl halides is 1. The Balaban J connectivity index is 1.82. The Morgan fingerprint density at radius 1 is 1.53 bits per heavy atom. The van der Waals surface area contributed by atoms with Crippen molar-refractivity contribution in [1.29, 1.82) is 0 Å². The minimum atomic E-state index is 0.499. The van der Waals surface area contributed by atoms with Crippen LogP contribution in [0.1, 0.15) is 31.4 Å². The molecule has 2 saturated carbocycles. The molecule has 0 saturated heterocycles. The molecule has 82 valence electrons. The maximum atomic E-state index is 4.37. The van der Waals surface area contributed by atoms with Crippen molar-refractivity contribution in [3.8, 4) is 0 Å². The van der Waals surface area contributed by atoms with E-state index in [1.54, 1.807) is 0 Å². The van der Waals surface area contributed by atoms with Crippen LogP contribution in [0.25, 0.3) is 0 Å². The fourth-order valence-corrected chi connectivity index (χ4v) is 4.93. The van der Waals surface area contributed by atoms with Gasteiger partial charge < -0.3 is 0 Å². The molecule has 0 radical (unpaired) electrons. The minimum absolute atomic E-state index is 0.499. The van der Waals surface area contributed by atoms with Gasteiger partial charge in [0.05, 0.1) is 23.6 Å². The van der Waals surface area contributed by atoms with Crippen LogP contribution in [0.15, 0.2) is 6.20 Å². The highest BCUT2D eigenvalue weighted by atomic mass is 79.9. The van der Waals surface area contributed by atoms with Crippen LogP contribution in [0.5, 0.6) is 0 Å². The van der Waals surface area contributed by atoms with E-state index in [0.29, 0.717) is 5.41 Å². The van der Waals surface area contributed by atoms with E-state index in [9.17, 15) is 0 Å². The average molecular weight is 287 g/mol. The zero-order valence-corrected chi connectivity index (χ0v) is 11.1. The van der Waals surface area contributed by atoms with Crippen LogP contribution in [0.4, 0.5) is 0 Å². The van der Waals surface area contributed by atoms with E-state index in [0.717, 1.165) is 23.6 Å². The van der Waals surface area contributed by atoms with Crippen molar-refractivity contribution in [3.63, 3.8) is 0 Å². The van der Waals surface area contributed by atoms with Gasteiger partial charge in [-0.05, 0) is 42.9 Å². The first-order chi connectivity index (χ1) is 7.32. The lowest BCUT2D eigenvalue weighted by Gasteiger charge is -2.35. The molecule has 2 bridgehead atoms. The summed E-state index contributed by atoms with van der Waals surface area (Å²) in [4.78, 5) is 0. The van der Waals surface area contributed by atoms with Gasteiger partial charge >= 0.3 is 0 Å². The normalized spacial score (nSPS) is 38.7. The van der Waals surface area contributed by atoms with Gasteiger partial charge in [0.1, 0.15) is 0 Å². The highest BCUT2D eigenvalue weighted by Crippen LogP contribution is 2.57. The number of hydrogen-bond acceptors (Lipinski definition) is 3. The van der Waals surface area contributed by atoms with Gasteiger partial charge in [0.15, 0.2) is 0 Å². The summed E-state index contributed by atoms with van der Waals surface area (Å²) in [5.41, 5.74) is 1.70. The summed E-state index contributed by atoms with van der Waals surface area (Å²) in [6, 6.07) is 0. The van der Waals surface area contributed by atoms with Crippen molar-refractivity contribution in [2.45, 2.75) is 32.1 Å². The first kappa shape index (κ1) is 10.2. The first-order valence-electron chi connectivity index (χ1n) is 5.65. The standard InChI is InChI=1S/C11H15BrN2S/c12-7-11(5-10-6-13-15-14-10)4-8-1-2-9(11)3-8/h6,8-9H,1-5,7H2. The topological polar surface area (TPSA) is 25.8 Å². The van der Waals surface area contributed by atoms with Gasteiger partial charge in [-0.25, -0.2) is 0 Å². The second-order valence-corrected chi connectivity index (χ2v) is 6.27. The Morgan fingerprint density at radius 2 is 2.47 bits per heavy atom. The van der Waals surface area contributed by atoms with Crippen molar-refractivity contribution in [2.75, 3.05) is 5.33 Å². The van der Waals surface area contributed by atoms with Crippen molar-refractivity contribution < 1.29 is 0 Å². The molecule has 3 atom stereocenters. The van der Waals surface area contributed by atoms with Gasteiger partial charge in [-0.3, -0.25) is 0 Å². The Morgan fingerprint density at radius 3 is 3.00 bits per heavy atom. The predicted octanol–water partition coefficient (Wildman–Crippen LogP) is 3.28. The lowest BCUT2D eigenvalue weighted by Crippen LogP contribution is -2.32. The maximum absolute atomic E-state index is 4.37.